The summed E-state index contributed by atoms with van der Waals surface area (Å²) in [6, 6.07) is 2.04. The van der Waals surface area contributed by atoms with Gasteiger partial charge in [0, 0.05) is 17.9 Å². The third kappa shape index (κ3) is 3.31. The largest absolute Gasteiger partial charge is 0.271 e. The molecule has 0 aromatic carbocycles. The van der Waals surface area contributed by atoms with Gasteiger partial charge in [-0.25, -0.2) is 8.42 Å². The lowest BCUT2D eigenvalue weighted by Gasteiger charge is -2.05. The van der Waals surface area contributed by atoms with Crippen LogP contribution in [0.1, 0.15) is 44.2 Å². The van der Waals surface area contributed by atoms with Crippen molar-refractivity contribution >= 4 is 9.84 Å². The number of aryl methyl sites for hydroxylation is 1. The minimum atomic E-state index is -2.89. The Morgan fingerprint density at radius 2 is 2.12 bits per heavy atom. The fourth-order valence-electron chi connectivity index (χ4n) is 2.32. The van der Waals surface area contributed by atoms with Crippen LogP contribution in [0.5, 0.6) is 0 Å². The van der Waals surface area contributed by atoms with Gasteiger partial charge in [0.2, 0.25) is 0 Å². The Morgan fingerprint density at radius 3 is 2.76 bits per heavy atom. The Bertz CT molecular complexity index is 459. The quantitative estimate of drug-likeness (QED) is 0.809. The van der Waals surface area contributed by atoms with Crippen LogP contribution in [0.3, 0.4) is 0 Å². The highest BCUT2D eigenvalue weighted by atomic mass is 32.2. The average Bonchev–Trinajstić information content (AvgIpc) is 2.97. The molecule has 0 spiro atoms. The molecule has 0 saturated heterocycles. The minimum absolute atomic E-state index is 0.190. The molecule has 5 heteroatoms. The third-order valence-electron chi connectivity index (χ3n) is 3.51. The van der Waals surface area contributed by atoms with E-state index in [1.807, 2.05) is 12.3 Å². The summed E-state index contributed by atoms with van der Waals surface area (Å²) in [4.78, 5) is 0. The van der Waals surface area contributed by atoms with Gasteiger partial charge in [-0.15, -0.1) is 0 Å². The van der Waals surface area contributed by atoms with Crippen molar-refractivity contribution in [2.75, 3.05) is 11.5 Å². The van der Waals surface area contributed by atoms with Gasteiger partial charge >= 0.3 is 0 Å². The number of hydrogen-bond acceptors (Lipinski definition) is 3. The van der Waals surface area contributed by atoms with Crippen molar-refractivity contribution in [1.82, 2.24) is 9.78 Å². The number of sulfone groups is 1. The van der Waals surface area contributed by atoms with Crippen LogP contribution < -0.4 is 0 Å². The second-order valence-electron chi connectivity index (χ2n) is 4.72. The first-order valence-electron chi connectivity index (χ1n) is 6.34. The standard InChI is InChI=1S/C12H20N2O2S/c1-2-17(15,16)10-9-14-8-7-12(13-14)11-5-3-4-6-11/h7-8,11H,2-6,9-10H2,1H3. The molecule has 96 valence electrons. The van der Waals surface area contributed by atoms with Gasteiger partial charge in [-0.3, -0.25) is 4.68 Å². The molecule has 17 heavy (non-hydrogen) atoms. The fraction of sp³-hybridized carbons (Fsp3) is 0.750. The molecule has 1 heterocycles. The smallest absolute Gasteiger partial charge is 0.151 e. The summed E-state index contributed by atoms with van der Waals surface area (Å²) in [6.07, 6.45) is 6.94. The highest BCUT2D eigenvalue weighted by Crippen LogP contribution is 2.32. The molecule has 0 amide bonds. The van der Waals surface area contributed by atoms with Crippen LogP contribution in [-0.2, 0) is 16.4 Å². The van der Waals surface area contributed by atoms with Crippen molar-refractivity contribution in [3.05, 3.63) is 18.0 Å². The van der Waals surface area contributed by atoms with Gasteiger partial charge in [-0.2, -0.15) is 5.10 Å². The SMILES string of the molecule is CCS(=O)(=O)CCn1ccc(C2CCCC2)n1. The second-order valence-corrected chi connectivity index (χ2v) is 7.19. The van der Waals surface area contributed by atoms with Gasteiger partial charge in [-0.05, 0) is 18.9 Å². The van der Waals surface area contributed by atoms with E-state index in [1.54, 1.807) is 11.6 Å². The van der Waals surface area contributed by atoms with Crippen LogP contribution in [0.4, 0.5) is 0 Å². The van der Waals surface area contributed by atoms with Crippen LogP contribution in [0, 0.1) is 0 Å². The first kappa shape index (κ1) is 12.6. The second kappa shape index (κ2) is 5.21. The lowest BCUT2D eigenvalue weighted by atomic mass is 10.1. The van der Waals surface area contributed by atoms with Crippen LogP contribution in [0.15, 0.2) is 12.3 Å². The summed E-state index contributed by atoms with van der Waals surface area (Å²) < 4.78 is 24.6. The zero-order valence-electron chi connectivity index (χ0n) is 10.3. The first-order chi connectivity index (χ1) is 8.11. The van der Waals surface area contributed by atoms with E-state index >= 15 is 0 Å². The van der Waals surface area contributed by atoms with Crippen molar-refractivity contribution in [3.8, 4) is 0 Å². The first-order valence-corrected chi connectivity index (χ1v) is 8.16. The maximum absolute atomic E-state index is 11.4. The Balaban J connectivity index is 1.94. The highest BCUT2D eigenvalue weighted by molar-refractivity contribution is 7.91. The van der Waals surface area contributed by atoms with E-state index in [4.69, 9.17) is 0 Å². The highest BCUT2D eigenvalue weighted by Gasteiger charge is 2.19. The zero-order chi connectivity index (χ0) is 12.3. The lowest BCUT2D eigenvalue weighted by Crippen LogP contribution is -2.15. The summed E-state index contributed by atoms with van der Waals surface area (Å²) in [5.41, 5.74) is 1.14. The Labute approximate surface area is 103 Å². The van der Waals surface area contributed by atoms with Crippen molar-refractivity contribution in [1.29, 1.82) is 0 Å². The average molecular weight is 256 g/mol. The number of hydrogen-bond donors (Lipinski definition) is 0. The predicted octanol–water partition coefficient (Wildman–Crippen LogP) is 1.98. The normalized spacial score (nSPS) is 17.7. The number of nitrogens with zero attached hydrogens (tertiary/aromatic N) is 2. The molecule has 0 unspecified atom stereocenters. The molecule has 0 bridgehead atoms. The molecular formula is C12H20N2O2S. The molecule has 1 aromatic heterocycles. The van der Waals surface area contributed by atoms with Gasteiger partial charge in [-0.1, -0.05) is 19.8 Å². The van der Waals surface area contributed by atoms with E-state index in [0.29, 0.717) is 12.5 Å². The summed E-state index contributed by atoms with van der Waals surface area (Å²) >= 11 is 0. The maximum atomic E-state index is 11.4. The van der Waals surface area contributed by atoms with E-state index in [9.17, 15) is 8.42 Å². The Morgan fingerprint density at radius 1 is 1.41 bits per heavy atom. The molecule has 0 radical (unpaired) electrons. The Kier molecular flexibility index (Phi) is 3.86. The monoisotopic (exact) mass is 256 g/mol. The summed E-state index contributed by atoms with van der Waals surface area (Å²) in [6.45, 7) is 2.16. The van der Waals surface area contributed by atoms with Crippen LogP contribution in [0.2, 0.25) is 0 Å². The van der Waals surface area contributed by atoms with Gasteiger partial charge in [0.15, 0.2) is 9.84 Å². The Hall–Kier alpha value is -0.840. The summed E-state index contributed by atoms with van der Waals surface area (Å²) in [7, 11) is -2.89. The molecule has 2 rings (SSSR count). The molecule has 1 aromatic rings. The predicted molar refractivity (Wildman–Crippen MR) is 67.8 cm³/mol. The van der Waals surface area contributed by atoms with Crippen LogP contribution >= 0.6 is 0 Å². The van der Waals surface area contributed by atoms with E-state index in [1.165, 1.54) is 25.7 Å². The molecule has 1 aliphatic rings. The molecule has 4 nitrogen and oxygen atoms in total. The van der Waals surface area contributed by atoms with Crippen LogP contribution in [0.25, 0.3) is 0 Å². The molecule has 1 aliphatic carbocycles. The van der Waals surface area contributed by atoms with Gasteiger partial charge in [0.25, 0.3) is 0 Å². The van der Waals surface area contributed by atoms with Gasteiger partial charge in [0.05, 0.1) is 18.0 Å². The van der Waals surface area contributed by atoms with Gasteiger partial charge in [0.1, 0.15) is 0 Å². The number of rotatable bonds is 5. The maximum Gasteiger partial charge on any atom is 0.151 e. The van der Waals surface area contributed by atoms with Crippen molar-refractivity contribution in [2.24, 2.45) is 0 Å². The van der Waals surface area contributed by atoms with E-state index in [0.717, 1.165) is 5.69 Å². The van der Waals surface area contributed by atoms with Crippen molar-refractivity contribution in [3.63, 3.8) is 0 Å². The minimum Gasteiger partial charge on any atom is -0.271 e. The zero-order valence-corrected chi connectivity index (χ0v) is 11.1. The third-order valence-corrected chi connectivity index (χ3v) is 5.19. The summed E-state index contributed by atoms with van der Waals surface area (Å²) in [5, 5.41) is 4.48. The molecule has 0 aliphatic heterocycles. The van der Waals surface area contributed by atoms with Gasteiger partial charge < -0.3 is 0 Å². The topological polar surface area (TPSA) is 52.0 Å². The summed E-state index contributed by atoms with van der Waals surface area (Å²) in [5.74, 6) is 0.998. The molecule has 1 saturated carbocycles. The fourth-order valence-corrected chi connectivity index (χ4v) is 3.07. The number of aromatic nitrogens is 2. The molecular weight excluding hydrogens is 236 g/mol. The van der Waals surface area contributed by atoms with Crippen LogP contribution in [-0.4, -0.2) is 29.7 Å². The van der Waals surface area contributed by atoms with Crippen molar-refractivity contribution in [2.45, 2.75) is 45.1 Å². The molecule has 0 N–H and O–H groups in total. The molecule has 0 atom stereocenters. The van der Waals surface area contributed by atoms with E-state index in [-0.39, 0.29) is 11.5 Å². The van der Waals surface area contributed by atoms with E-state index in [2.05, 4.69) is 5.10 Å². The lowest BCUT2D eigenvalue weighted by molar-refractivity contribution is 0.575. The van der Waals surface area contributed by atoms with E-state index < -0.39 is 9.84 Å². The van der Waals surface area contributed by atoms with Crippen molar-refractivity contribution < 1.29 is 8.42 Å². The molecule has 1 fully saturated rings.